The van der Waals surface area contributed by atoms with Crippen LogP contribution in [0.1, 0.15) is 23.5 Å². The molecule has 1 saturated heterocycles. The summed E-state index contributed by atoms with van der Waals surface area (Å²) < 4.78 is 0. The van der Waals surface area contributed by atoms with Crippen molar-refractivity contribution in [1.29, 1.82) is 0 Å². The summed E-state index contributed by atoms with van der Waals surface area (Å²) in [6.07, 6.45) is 0.832. The minimum atomic E-state index is -0.272. The van der Waals surface area contributed by atoms with Gasteiger partial charge >= 0.3 is 0 Å². The molecule has 7 heteroatoms. The summed E-state index contributed by atoms with van der Waals surface area (Å²) in [6, 6.07) is 9.70. The molecule has 1 aromatic heterocycles. The van der Waals surface area contributed by atoms with Gasteiger partial charge < -0.3 is 0 Å². The Labute approximate surface area is 144 Å². The molecule has 1 atom stereocenters. The third-order valence-electron chi connectivity index (χ3n) is 3.77. The first-order chi connectivity index (χ1) is 11.3. The highest BCUT2D eigenvalue weighted by atomic mass is 32.2. The van der Waals surface area contributed by atoms with Gasteiger partial charge in [0.05, 0.1) is 0 Å². The predicted octanol–water partition coefficient (Wildman–Crippen LogP) is 2.83. The molecular weight excluding hydrogens is 328 g/mol. The fourth-order valence-electron chi connectivity index (χ4n) is 2.62. The highest BCUT2D eigenvalue weighted by molar-refractivity contribution is 7.99. The van der Waals surface area contributed by atoms with Gasteiger partial charge in [0.15, 0.2) is 0 Å². The van der Waals surface area contributed by atoms with Gasteiger partial charge in [-0.1, -0.05) is 48.6 Å². The SMILES string of the molecule is CCc1nnc(NC(=O)[C@H](c2ccccc2)N2CCSCC2)s1. The van der Waals surface area contributed by atoms with Crippen LogP contribution in [-0.2, 0) is 11.2 Å². The normalized spacial score (nSPS) is 16.9. The molecule has 2 heterocycles. The van der Waals surface area contributed by atoms with Crippen molar-refractivity contribution in [3.63, 3.8) is 0 Å². The number of thioether (sulfide) groups is 1. The summed E-state index contributed by atoms with van der Waals surface area (Å²) in [5, 5.41) is 12.6. The standard InChI is InChI=1S/C16H20N4OS2/c1-2-13-18-19-16(23-13)17-15(21)14(12-6-4-3-5-7-12)20-8-10-22-11-9-20/h3-7,14H,2,8-11H2,1H3,(H,17,19,21)/t14-/m0/s1. The number of amides is 1. The first kappa shape index (κ1) is 16.4. The van der Waals surface area contributed by atoms with Gasteiger partial charge in [-0.15, -0.1) is 10.2 Å². The Bertz CT molecular complexity index is 641. The van der Waals surface area contributed by atoms with Gasteiger partial charge in [0.1, 0.15) is 11.0 Å². The van der Waals surface area contributed by atoms with Crippen molar-refractivity contribution < 1.29 is 4.79 Å². The molecule has 1 aliphatic rings. The predicted molar refractivity (Wildman–Crippen MR) is 96.0 cm³/mol. The monoisotopic (exact) mass is 348 g/mol. The molecule has 3 rings (SSSR count). The maximum atomic E-state index is 12.9. The zero-order chi connectivity index (χ0) is 16.1. The summed E-state index contributed by atoms with van der Waals surface area (Å²) in [4.78, 5) is 15.1. The Balaban J connectivity index is 1.80. The summed E-state index contributed by atoms with van der Waals surface area (Å²) in [6.45, 7) is 3.88. The van der Waals surface area contributed by atoms with Crippen LogP contribution in [0.5, 0.6) is 0 Å². The summed E-state index contributed by atoms with van der Waals surface area (Å²) in [5.41, 5.74) is 1.03. The molecule has 0 saturated carbocycles. The van der Waals surface area contributed by atoms with E-state index in [4.69, 9.17) is 0 Å². The van der Waals surface area contributed by atoms with Crippen LogP contribution >= 0.6 is 23.1 Å². The first-order valence-electron chi connectivity index (χ1n) is 7.78. The zero-order valence-corrected chi connectivity index (χ0v) is 14.7. The van der Waals surface area contributed by atoms with Gasteiger partial charge in [0.25, 0.3) is 0 Å². The number of aryl methyl sites for hydroxylation is 1. The molecule has 1 amide bonds. The van der Waals surface area contributed by atoms with E-state index in [-0.39, 0.29) is 11.9 Å². The number of anilines is 1. The lowest BCUT2D eigenvalue weighted by molar-refractivity contribution is -0.121. The zero-order valence-electron chi connectivity index (χ0n) is 13.1. The fourth-order valence-corrected chi connectivity index (χ4v) is 4.23. The number of hydrogen-bond acceptors (Lipinski definition) is 6. The topological polar surface area (TPSA) is 58.1 Å². The maximum Gasteiger partial charge on any atom is 0.248 e. The average molecular weight is 348 g/mol. The van der Waals surface area contributed by atoms with Gasteiger partial charge in [0, 0.05) is 24.6 Å². The van der Waals surface area contributed by atoms with Crippen LogP contribution in [0.4, 0.5) is 5.13 Å². The van der Waals surface area contributed by atoms with Crippen molar-refractivity contribution in [1.82, 2.24) is 15.1 Å². The fraction of sp³-hybridized carbons (Fsp3) is 0.438. The molecule has 1 N–H and O–H groups in total. The molecule has 0 unspecified atom stereocenters. The number of nitrogens with one attached hydrogen (secondary N) is 1. The third-order valence-corrected chi connectivity index (χ3v) is 5.70. The minimum absolute atomic E-state index is 0.0260. The van der Waals surface area contributed by atoms with Crippen LogP contribution in [0.3, 0.4) is 0 Å². The Kier molecular flexibility index (Phi) is 5.64. The van der Waals surface area contributed by atoms with E-state index < -0.39 is 0 Å². The Hall–Kier alpha value is -1.44. The molecule has 0 spiro atoms. The van der Waals surface area contributed by atoms with E-state index in [0.29, 0.717) is 5.13 Å². The Morgan fingerprint density at radius 1 is 1.26 bits per heavy atom. The van der Waals surface area contributed by atoms with Gasteiger partial charge in [-0.2, -0.15) is 11.8 Å². The lowest BCUT2D eigenvalue weighted by Gasteiger charge is -2.33. The lowest BCUT2D eigenvalue weighted by Crippen LogP contribution is -2.41. The second-order valence-electron chi connectivity index (χ2n) is 5.31. The Morgan fingerprint density at radius 2 is 2.00 bits per heavy atom. The number of hydrogen-bond donors (Lipinski definition) is 1. The van der Waals surface area contributed by atoms with E-state index in [1.165, 1.54) is 11.3 Å². The van der Waals surface area contributed by atoms with Gasteiger partial charge in [0.2, 0.25) is 11.0 Å². The summed E-state index contributed by atoms with van der Waals surface area (Å²) in [7, 11) is 0. The smallest absolute Gasteiger partial charge is 0.248 e. The van der Waals surface area contributed by atoms with E-state index in [1.54, 1.807) is 0 Å². The number of rotatable bonds is 5. The highest BCUT2D eigenvalue weighted by Gasteiger charge is 2.29. The van der Waals surface area contributed by atoms with Crippen molar-refractivity contribution >= 4 is 34.1 Å². The van der Waals surface area contributed by atoms with Gasteiger partial charge in [-0.3, -0.25) is 15.0 Å². The lowest BCUT2D eigenvalue weighted by atomic mass is 10.0. The number of carbonyl (C=O) groups is 1. The number of carbonyl (C=O) groups excluding carboxylic acids is 1. The minimum Gasteiger partial charge on any atom is -0.299 e. The van der Waals surface area contributed by atoms with Crippen molar-refractivity contribution in [2.75, 3.05) is 29.9 Å². The van der Waals surface area contributed by atoms with Gasteiger partial charge in [-0.25, -0.2) is 0 Å². The van der Waals surface area contributed by atoms with E-state index in [0.717, 1.165) is 41.6 Å². The summed E-state index contributed by atoms with van der Waals surface area (Å²) >= 11 is 3.38. The van der Waals surface area contributed by atoms with Crippen LogP contribution < -0.4 is 5.32 Å². The second-order valence-corrected chi connectivity index (χ2v) is 7.59. The molecule has 0 aliphatic carbocycles. The van der Waals surface area contributed by atoms with E-state index in [9.17, 15) is 4.79 Å². The molecular formula is C16H20N4OS2. The van der Waals surface area contributed by atoms with Crippen molar-refractivity contribution in [3.8, 4) is 0 Å². The highest BCUT2D eigenvalue weighted by Crippen LogP contribution is 2.26. The van der Waals surface area contributed by atoms with E-state index in [2.05, 4.69) is 20.4 Å². The first-order valence-corrected chi connectivity index (χ1v) is 9.75. The molecule has 0 bridgehead atoms. The van der Waals surface area contributed by atoms with E-state index >= 15 is 0 Å². The van der Waals surface area contributed by atoms with Crippen molar-refractivity contribution in [3.05, 3.63) is 40.9 Å². The summed E-state index contributed by atoms with van der Waals surface area (Å²) in [5.74, 6) is 2.10. The molecule has 5 nitrogen and oxygen atoms in total. The number of benzene rings is 1. The molecule has 2 aromatic rings. The number of aromatic nitrogens is 2. The largest absolute Gasteiger partial charge is 0.299 e. The molecule has 23 heavy (non-hydrogen) atoms. The van der Waals surface area contributed by atoms with Gasteiger partial charge in [-0.05, 0) is 12.0 Å². The van der Waals surface area contributed by atoms with Crippen LogP contribution in [-0.4, -0.2) is 45.6 Å². The quantitative estimate of drug-likeness (QED) is 0.900. The molecule has 122 valence electrons. The molecule has 0 radical (unpaired) electrons. The van der Waals surface area contributed by atoms with Crippen molar-refractivity contribution in [2.45, 2.75) is 19.4 Å². The van der Waals surface area contributed by atoms with E-state index in [1.807, 2.05) is 49.0 Å². The van der Waals surface area contributed by atoms with Crippen LogP contribution in [0, 0.1) is 0 Å². The number of nitrogens with zero attached hydrogens (tertiary/aromatic N) is 3. The van der Waals surface area contributed by atoms with Crippen LogP contribution in [0.2, 0.25) is 0 Å². The molecule has 1 aromatic carbocycles. The average Bonchev–Trinajstić information content (AvgIpc) is 3.04. The third kappa shape index (κ3) is 4.10. The van der Waals surface area contributed by atoms with Crippen LogP contribution in [0.15, 0.2) is 30.3 Å². The Morgan fingerprint density at radius 3 is 2.65 bits per heavy atom. The second kappa shape index (κ2) is 7.90. The molecule has 1 aliphatic heterocycles. The van der Waals surface area contributed by atoms with Crippen molar-refractivity contribution in [2.24, 2.45) is 0 Å². The maximum absolute atomic E-state index is 12.9. The molecule has 1 fully saturated rings. The van der Waals surface area contributed by atoms with Crippen LogP contribution in [0.25, 0.3) is 0 Å².